The highest BCUT2D eigenvalue weighted by Gasteiger charge is 2.40. The maximum Gasteiger partial charge on any atom is 0.324 e. The van der Waals surface area contributed by atoms with Gasteiger partial charge in [-0.2, -0.15) is 8.78 Å². The molecule has 0 spiro atoms. The van der Waals surface area contributed by atoms with Crippen LogP contribution in [0.15, 0.2) is 24.3 Å². The summed E-state index contributed by atoms with van der Waals surface area (Å²) >= 11 is 1.95. The third-order valence-corrected chi connectivity index (χ3v) is 2.56. The van der Waals surface area contributed by atoms with Gasteiger partial charge in [-0.15, -0.1) is 0 Å². The van der Waals surface area contributed by atoms with Crippen molar-refractivity contribution in [2.24, 2.45) is 0 Å². The Hall–Kier alpha value is -0.860. The van der Waals surface area contributed by atoms with E-state index in [0.717, 1.165) is 3.57 Å². The van der Waals surface area contributed by atoms with Gasteiger partial charge in [0.1, 0.15) is 0 Å². The lowest BCUT2D eigenvalue weighted by Crippen LogP contribution is -2.41. The van der Waals surface area contributed by atoms with Gasteiger partial charge in [-0.25, -0.2) is 8.78 Å². The van der Waals surface area contributed by atoms with Crippen molar-refractivity contribution in [2.75, 3.05) is 6.54 Å². The van der Waals surface area contributed by atoms with Crippen LogP contribution >= 0.6 is 22.6 Å². The fourth-order valence-corrected chi connectivity index (χ4v) is 1.55. The van der Waals surface area contributed by atoms with Crippen molar-refractivity contribution >= 4 is 28.5 Å². The molecule has 17 heavy (non-hydrogen) atoms. The van der Waals surface area contributed by atoms with E-state index in [1.807, 2.05) is 22.6 Å². The first-order valence-corrected chi connectivity index (χ1v) is 5.60. The predicted molar refractivity (Wildman–Crippen MR) is 62.4 cm³/mol. The monoisotopic (exact) mass is 361 g/mol. The van der Waals surface area contributed by atoms with Gasteiger partial charge in [-0.1, -0.05) is 6.07 Å². The molecule has 0 unspecified atom stereocenters. The van der Waals surface area contributed by atoms with Gasteiger partial charge in [0.25, 0.3) is 5.91 Å². The summed E-state index contributed by atoms with van der Waals surface area (Å²) in [6, 6.07) is 6.17. The Bertz CT molecular complexity index is 411. The molecule has 0 fully saturated rings. The second-order valence-electron chi connectivity index (χ2n) is 3.25. The van der Waals surface area contributed by atoms with E-state index >= 15 is 0 Å². The molecule has 0 aliphatic carbocycles. The normalized spacial score (nSPS) is 11.6. The zero-order valence-electron chi connectivity index (χ0n) is 8.39. The van der Waals surface area contributed by atoms with E-state index in [1.54, 1.807) is 17.4 Å². The Morgan fingerprint density at radius 3 is 2.59 bits per heavy atom. The molecule has 0 atom stereocenters. The summed E-state index contributed by atoms with van der Waals surface area (Å²) in [6.07, 6.45) is -3.79. The number of benzene rings is 1. The van der Waals surface area contributed by atoms with E-state index in [9.17, 15) is 22.4 Å². The van der Waals surface area contributed by atoms with Crippen LogP contribution in [0.3, 0.4) is 0 Å². The summed E-state index contributed by atoms with van der Waals surface area (Å²) < 4.78 is 49.5. The Morgan fingerprint density at radius 1 is 1.41 bits per heavy atom. The van der Waals surface area contributed by atoms with Gasteiger partial charge < -0.3 is 5.32 Å². The van der Waals surface area contributed by atoms with Gasteiger partial charge in [0.05, 0.1) is 6.54 Å². The summed E-state index contributed by atoms with van der Waals surface area (Å²) in [7, 11) is 0. The molecule has 1 rings (SSSR count). The topological polar surface area (TPSA) is 29.1 Å². The largest absolute Gasteiger partial charge is 0.346 e. The standard InChI is InChI=1S/C10H8F4INO/c11-9(12)10(13,14)5-16-8(17)6-2-1-3-7(15)4-6/h1-4,9H,5H2,(H,16,17). The quantitative estimate of drug-likeness (QED) is 0.649. The van der Waals surface area contributed by atoms with E-state index in [4.69, 9.17) is 0 Å². The first kappa shape index (κ1) is 14.2. The predicted octanol–water partition coefficient (Wildman–Crippen LogP) is 2.92. The highest BCUT2D eigenvalue weighted by atomic mass is 127. The number of carbonyl (C=O) groups excluding carboxylic acids is 1. The Kier molecular flexibility index (Phi) is 4.72. The van der Waals surface area contributed by atoms with Crippen molar-refractivity contribution in [1.29, 1.82) is 0 Å². The molecule has 0 saturated heterocycles. The number of amides is 1. The fourth-order valence-electron chi connectivity index (χ4n) is 1.01. The van der Waals surface area contributed by atoms with E-state index < -0.39 is 24.8 Å². The van der Waals surface area contributed by atoms with Crippen molar-refractivity contribution in [1.82, 2.24) is 5.32 Å². The minimum atomic E-state index is -4.21. The van der Waals surface area contributed by atoms with Crippen LogP contribution in [0.1, 0.15) is 10.4 Å². The lowest BCUT2D eigenvalue weighted by Gasteiger charge is -2.15. The van der Waals surface area contributed by atoms with Crippen molar-refractivity contribution < 1.29 is 22.4 Å². The Morgan fingerprint density at radius 2 is 2.06 bits per heavy atom. The smallest absolute Gasteiger partial charge is 0.324 e. The van der Waals surface area contributed by atoms with Gasteiger partial charge >= 0.3 is 12.3 Å². The number of rotatable bonds is 4. The second-order valence-corrected chi connectivity index (χ2v) is 4.50. The molecule has 94 valence electrons. The first-order chi connectivity index (χ1) is 7.83. The molecular formula is C10H8F4INO. The average Bonchev–Trinajstić information content (AvgIpc) is 2.25. The highest BCUT2D eigenvalue weighted by Crippen LogP contribution is 2.21. The van der Waals surface area contributed by atoms with E-state index in [0.29, 0.717) is 0 Å². The summed E-state index contributed by atoms with van der Waals surface area (Å²) in [5.41, 5.74) is 0.155. The minimum absolute atomic E-state index is 0.155. The molecule has 1 aromatic rings. The molecule has 1 amide bonds. The van der Waals surface area contributed by atoms with Crippen LogP contribution in [0.2, 0.25) is 0 Å². The Balaban J connectivity index is 2.62. The van der Waals surface area contributed by atoms with Gasteiger partial charge in [0.15, 0.2) is 0 Å². The molecule has 0 aliphatic heterocycles. The number of carbonyl (C=O) groups is 1. The van der Waals surface area contributed by atoms with Crippen LogP contribution in [0.5, 0.6) is 0 Å². The van der Waals surface area contributed by atoms with Gasteiger partial charge in [-0.05, 0) is 40.8 Å². The number of nitrogens with one attached hydrogen (secondary N) is 1. The summed E-state index contributed by atoms with van der Waals surface area (Å²) in [5.74, 6) is -5.01. The fraction of sp³-hybridized carbons (Fsp3) is 0.300. The highest BCUT2D eigenvalue weighted by molar-refractivity contribution is 14.1. The minimum Gasteiger partial charge on any atom is -0.346 e. The molecule has 0 radical (unpaired) electrons. The zero-order chi connectivity index (χ0) is 13.1. The van der Waals surface area contributed by atoms with Crippen molar-refractivity contribution in [3.05, 3.63) is 33.4 Å². The number of alkyl halides is 4. The molecule has 7 heteroatoms. The van der Waals surface area contributed by atoms with Crippen LogP contribution in [0, 0.1) is 3.57 Å². The van der Waals surface area contributed by atoms with Crippen LogP contribution in [0.25, 0.3) is 0 Å². The van der Waals surface area contributed by atoms with Gasteiger partial charge in [-0.3, -0.25) is 4.79 Å². The number of halogens is 5. The van der Waals surface area contributed by atoms with Crippen molar-refractivity contribution in [3.8, 4) is 0 Å². The molecule has 0 bridgehead atoms. The van der Waals surface area contributed by atoms with Crippen LogP contribution < -0.4 is 5.32 Å². The van der Waals surface area contributed by atoms with Gasteiger partial charge in [0, 0.05) is 9.13 Å². The molecule has 1 aromatic carbocycles. The summed E-state index contributed by atoms with van der Waals surface area (Å²) in [5, 5.41) is 1.78. The van der Waals surface area contributed by atoms with Crippen LogP contribution in [-0.2, 0) is 0 Å². The lowest BCUT2D eigenvalue weighted by molar-refractivity contribution is -0.123. The molecule has 0 saturated carbocycles. The maximum atomic E-state index is 12.5. The maximum absolute atomic E-state index is 12.5. The molecule has 0 aliphatic rings. The van der Waals surface area contributed by atoms with Crippen LogP contribution in [-0.4, -0.2) is 24.8 Å². The zero-order valence-corrected chi connectivity index (χ0v) is 10.5. The molecule has 2 nitrogen and oxygen atoms in total. The summed E-state index contributed by atoms with van der Waals surface area (Å²) in [4.78, 5) is 11.4. The average molecular weight is 361 g/mol. The van der Waals surface area contributed by atoms with E-state index in [-0.39, 0.29) is 5.56 Å². The van der Waals surface area contributed by atoms with E-state index in [2.05, 4.69) is 0 Å². The number of hydrogen-bond acceptors (Lipinski definition) is 1. The third-order valence-electron chi connectivity index (χ3n) is 1.89. The molecule has 1 N–H and O–H groups in total. The first-order valence-electron chi connectivity index (χ1n) is 4.52. The summed E-state index contributed by atoms with van der Waals surface area (Å²) in [6.45, 7) is -1.38. The lowest BCUT2D eigenvalue weighted by atomic mass is 10.2. The van der Waals surface area contributed by atoms with Gasteiger partial charge in [0.2, 0.25) is 0 Å². The van der Waals surface area contributed by atoms with Crippen molar-refractivity contribution in [2.45, 2.75) is 12.3 Å². The molecular weight excluding hydrogens is 353 g/mol. The second kappa shape index (κ2) is 5.65. The third kappa shape index (κ3) is 4.14. The Labute approximate surface area is 109 Å². The number of hydrogen-bond donors (Lipinski definition) is 1. The van der Waals surface area contributed by atoms with Crippen molar-refractivity contribution in [3.63, 3.8) is 0 Å². The van der Waals surface area contributed by atoms with E-state index in [1.165, 1.54) is 12.1 Å². The SMILES string of the molecule is O=C(NCC(F)(F)C(F)F)c1cccc(I)c1. The molecule has 0 heterocycles. The molecule has 0 aromatic heterocycles. The van der Waals surface area contributed by atoms with Crippen LogP contribution in [0.4, 0.5) is 17.6 Å².